The van der Waals surface area contributed by atoms with Crippen molar-refractivity contribution in [1.29, 1.82) is 0 Å². The number of aliphatic hydroxyl groups is 1. The molecule has 3 amide bonds. The predicted molar refractivity (Wildman–Crippen MR) is 185 cm³/mol. The number of nitrogens with zero attached hydrogens (tertiary/aromatic N) is 6. The number of amides is 3. The fourth-order valence-electron chi connectivity index (χ4n) is 6.52. The Kier molecular flexibility index (Phi) is 10.5. The number of hydrogen-bond donors (Lipinski definition) is 3. The molecule has 0 atom stereocenters. The first-order valence-corrected chi connectivity index (χ1v) is 17.0. The Balaban J connectivity index is 1.10. The Hall–Kier alpha value is -4.70. The van der Waals surface area contributed by atoms with E-state index in [1.165, 1.54) is 54.3 Å². The largest absolute Gasteiger partial charge is 0.383 e. The molecule has 2 saturated heterocycles. The molecule has 0 bridgehead atoms. The molecule has 4 aromatic rings. The second-order valence-electron chi connectivity index (χ2n) is 12.7. The van der Waals surface area contributed by atoms with E-state index in [-0.39, 0.29) is 58.1 Å². The van der Waals surface area contributed by atoms with Crippen LogP contribution in [0.4, 0.5) is 14.5 Å². The molecule has 0 unspecified atom stereocenters. The van der Waals surface area contributed by atoms with Gasteiger partial charge >= 0.3 is 0 Å². The van der Waals surface area contributed by atoms with Gasteiger partial charge in [0, 0.05) is 68.4 Å². The van der Waals surface area contributed by atoms with E-state index < -0.39 is 23.1 Å². The SMILES string of the molecule is COCCn1ncc(-c2ccc(-c3cnc(C(=O)Nc4ccc(C(=O)N5CCN(C(=O)C6(O)CCNCC6)CC5)c(Cl)c4)n3C)c(F)c2F)c1C. The number of ether oxygens (including phenoxy) is 1. The van der Waals surface area contributed by atoms with E-state index in [9.17, 15) is 19.5 Å². The maximum absolute atomic E-state index is 15.5. The molecule has 4 heterocycles. The highest BCUT2D eigenvalue weighted by molar-refractivity contribution is 6.34. The standard InChI is InChI=1S/C35H39ClF2N8O5/c1-21-26(19-41-46(21)16-17-51-3)23-6-7-25(30(38)29(23)37)28-20-40-31(43(28)2)32(47)42-22-4-5-24(27(36)18-22)33(48)44-12-14-45(15-13-44)34(49)35(50)8-10-39-11-9-35/h4-7,18-20,39,50H,8-17H2,1-3H3,(H,42,47). The topological polar surface area (TPSA) is 147 Å². The molecule has 0 saturated carbocycles. The number of aromatic nitrogens is 4. The van der Waals surface area contributed by atoms with Crippen molar-refractivity contribution in [2.75, 3.05) is 58.3 Å². The number of nitrogens with one attached hydrogen (secondary N) is 2. The van der Waals surface area contributed by atoms with Crippen LogP contribution in [0.15, 0.2) is 42.7 Å². The van der Waals surface area contributed by atoms with E-state index in [0.717, 1.165) is 0 Å². The average molecular weight is 725 g/mol. The molecule has 2 aromatic heterocycles. The van der Waals surface area contributed by atoms with Gasteiger partial charge < -0.3 is 34.8 Å². The zero-order valence-corrected chi connectivity index (χ0v) is 29.3. The van der Waals surface area contributed by atoms with Gasteiger partial charge in [0.25, 0.3) is 17.7 Å². The van der Waals surface area contributed by atoms with Crippen LogP contribution >= 0.6 is 11.6 Å². The van der Waals surface area contributed by atoms with Gasteiger partial charge in [-0.2, -0.15) is 5.10 Å². The number of piperazine rings is 1. The maximum atomic E-state index is 15.5. The number of halogens is 3. The zero-order valence-electron chi connectivity index (χ0n) is 28.5. The molecule has 51 heavy (non-hydrogen) atoms. The number of benzene rings is 2. The van der Waals surface area contributed by atoms with E-state index in [2.05, 4.69) is 20.7 Å². The molecular weight excluding hydrogens is 686 g/mol. The van der Waals surface area contributed by atoms with Crippen molar-refractivity contribution in [3.8, 4) is 22.4 Å². The van der Waals surface area contributed by atoms with Crippen LogP contribution in [0.5, 0.6) is 0 Å². The number of methoxy groups -OCH3 is 1. The lowest BCUT2D eigenvalue weighted by atomic mass is 9.90. The first-order valence-electron chi connectivity index (χ1n) is 16.6. The number of imidazole rings is 1. The van der Waals surface area contributed by atoms with E-state index in [0.29, 0.717) is 69.1 Å². The highest BCUT2D eigenvalue weighted by Gasteiger charge is 2.41. The van der Waals surface area contributed by atoms with Crippen molar-refractivity contribution < 1.29 is 33.0 Å². The first-order chi connectivity index (χ1) is 24.4. The molecule has 13 nitrogen and oxygen atoms in total. The highest BCUT2D eigenvalue weighted by Crippen LogP contribution is 2.33. The minimum Gasteiger partial charge on any atom is -0.383 e. The third-order valence-corrected chi connectivity index (χ3v) is 9.90. The molecule has 0 radical (unpaired) electrons. The number of carbonyl (C=O) groups is 3. The van der Waals surface area contributed by atoms with Gasteiger partial charge in [-0.3, -0.25) is 19.1 Å². The minimum atomic E-state index is -1.38. The van der Waals surface area contributed by atoms with Crippen molar-refractivity contribution in [2.24, 2.45) is 7.05 Å². The smallest absolute Gasteiger partial charge is 0.291 e. The van der Waals surface area contributed by atoms with E-state index in [1.807, 2.05) is 0 Å². The number of rotatable bonds is 9. The highest BCUT2D eigenvalue weighted by atomic mass is 35.5. The molecule has 3 N–H and O–H groups in total. The lowest BCUT2D eigenvalue weighted by Gasteiger charge is -2.40. The summed E-state index contributed by atoms with van der Waals surface area (Å²) in [6.45, 7) is 4.93. The predicted octanol–water partition coefficient (Wildman–Crippen LogP) is 3.49. The molecule has 0 aliphatic carbocycles. The molecule has 0 spiro atoms. The molecule has 2 aliphatic heterocycles. The Morgan fingerprint density at radius 2 is 1.67 bits per heavy atom. The monoisotopic (exact) mass is 724 g/mol. The molecule has 2 aliphatic rings. The molecule has 16 heteroatoms. The zero-order chi connectivity index (χ0) is 36.4. The molecule has 2 fully saturated rings. The van der Waals surface area contributed by atoms with Crippen molar-refractivity contribution >= 4 is 35.0 Å². The van der Waals surface area contributed by atoms with Crippen LogP contribution in [-0.4, -0.2) is 111 Å². The van der Waals surface area contributed by atoms with E-state index in [1.54, 1.807) is 28.5 Å². The summed E-state index contributed by atoms with van der Waals surface area (Å²) in [7, 11) is 3.08. The van der Waals surface area contributed by atoms with Gasteiger partial charge in [0.15, 0.2) is 17.5 Å². The molecule has 2 aromatic carbocycles. The van der Waals surface area contributed by atoms with Crippen LogP contribution in [0.2, 0.25) is 5.02 Å². The van der Waals surface area contributed by atoms with Gasteiger partial charge in [-0.1, -0.05) is 17.7 Å². The Bertz CT molecular complexity index is 1970. The average Bonchev–Trinajstić information content (AvgIpc) is 3.69. The van der Waals surface area contributed by atoms with Gasteiger partial charge in [0.2, 0.25) is 0 Å². The summed E-state index contributed by atoms with van der Waals surface area (Å²) in [4.78, 5) is 46.9. The van der Waals surface area contributed by atoms with E-state index >= 15 is 8.78 Å². The van der Waals surface area contributed by atoms with Crippen LogP contribution in [0.1, 0.15) is 39.5 Å². The first kappa shape index (κ1) is 36.1. The minimum absolute atomic E-state index is 0.0564. The van der Waals surface area contributed by atoms with Crippen LogP contribution in [0, 0.1) is 18.6 Å². The van der Waals surface area contributed by atoms with Gasteiger partial charge in [0.05, 0.1) is 41.8 Å². The van der Waals surface area contributed by atoms with Crippen LogP contribution < -0.4 is 10.6 Å². The Morgan fingerprint density at radius 3 is 2.35 bits per heavy atom. The third kappa shape index (κ3) is 7.11. The summed E-state index contributed by atoms with van der Waals surface area (Å²) in [6, 6.07) is 7.37. The second kappa shape index (κ2) is 14.9. The Morgan fingerprint density at radius 1 is 1.00 bits per heavy atom. The summed E-state index contributed by atoms with van der Waals surface area (Å²) in [5, 5.41) is 21.0. The van der Waals surface area contributed by atoms with Crippen LogP contribution in [0.25, 0.3) is 22.4 Å². The molecule has 6 rings (SSSR count). The molecular formula is C35H39ClF2N8O5. The lowest BCUT2D eigenvalue weighted by Crippen LogP contribution is -2.59. The van der Waals surface area contributed by atoms with Gasteiger partial charge in [-0.05, 0) is 57.1 Å². The Labute approximate surface area is 298 Å². The summed E-state index contributed by atoms with van der Waals surface area (Å²) in [5.41, 5.74) is 0.412. The maximum Gasteiger partial charge on any atom is 0.291 e. The summed E-state index contributed by atoms with van der Waals surface area (Å²) < 4.78 is 39.0. The van der Waals surface area contributed by atoms with Crippen molar-refractivity contribution in [2.45, 2.75) is 31.9 Å². The third-order valence-electron chi connectivity index (χ3n) is 9.59. The quantitative estimate of drug-likeness (QED) is 0.238. The van der Waals surface area contributed by atoms with Crippen LogP contribution in [0.3, 0.4) is 0 Å². The number of anilines is 1. The van der Waals surface area contributed by atoms with Crippen molar-refractivity contribution in [3.05, 3.63) is 76.5 Å². The second-order valence-corrected chi connectivity index (χ2v) is 13.1. The van der Waals surface area contributed by atoms with Crippen molar-refractivity contribution in [3.63, 3.8) is 0 Å². The summed E-state index contributed by atoms with van der Waals surface area (Å²) in [6.07, 6.45) is 3.47. The summed E-state index contributed by atoms with van der Waals surface area (Å²) >= 11 is 6.50. The fraction of sp³-hybridized carbons (Fsp3) is 0.400. The van der Waals surface area contributed by atoms with Gasteiger partial charge in [-0.25, -0.2) is 13.8 Å². The number of carbonyl (C=O) groups excluding carboxylic acids is 3. The van der Waals surface area contributed by atoms with Crippen molar-refractivity contribution in [1.82, 2.24) is 34.4 Å². The van der Waals surface area contributed by atoms with Crippen LogP contribution in [-0.2, 0) is 23.1 Å². The number of hydrogen-bond acceptors (Lipinski definition) is 8. The molecule has 270 valence electrons. The normalized spacial score (nSPS) is 16.0. The summed E-state index contributed by atoms with van der Waals surface area (Å²) in [5.74, 6) is -3.48. The fourth-order valence-corrected chi connectivity index (χ4v) is 6.79. The van der Waals surface area contributed by atoms with Gasteiger partial charge in [0.1, 0.15) is 5.60 Å². The lowest BCUT2D eigenvalue weighted by molar-refractivity contribution is -0.155. The van der Waals surface area contributed by atoms with Gasteiger partial charge in [-0.15, -0.1) is 0 Å². The number of piperidine rings is 1. The van der Waals surface area contributed by atoms with E-state index in [4.69, 9.17) is 16.3 Å².